The van der Waals surface area contributed by atoms with E-state index in [1.165, 1.54) is 15.9 Å². The zero-order valence-corrected chi connectivity index (χ0v) is 20.9. The summed E-state index contributed by atoms with van der Waals surface area (Å²) in [5.41, 5.74) is 4.73. The molecule has 4 heterocycles. The molecule has 0 aliphatic heterocycles. The van der Waals surface area contributed by atoms with E-state index in [-0.39, 0.29) is 5.56 Å². The molecule has 9 nitrogen and oxygen atoms in total. The van der Waals surface area contributed by atoms with Gasteiger partial charge in [-0.1, -0.05) is 6.07 Å². The van der Waals surface area contributed by atoms with Crippen LogP contribution in [0.25, 0.3) is 43.1 Å². The summed E-state index contributed by atoms with van der Waals surface area (Å²) in [6.07, 6.45) is 5.37. The first-order valence-corrected chi connectivity index (χ1v) is 12.1. The second kappa shape index (κ2) is 8.06. The minimum Gasteiger partial charge on any atom is -0.495 e. The molecule has 6 aromatic rings. The van der Waals surface area contributed by atoms with Crippen LogP contribution in [0.4, 0.5) is 0 Å². The Hall–Kier alpha value is -4.44. The highest BCUT2D eigenvalue weighted by Gasteiger charge is 2.19. The maximum atomic E-state index is 13.6. The van der Waals surface area contributed by atoms with Gasteiger partial charge >= 0.3 is 5.69 Å². The number of imidazole rings is 2. The van der Waals surface area contributed by atoms with Crippen LogP contribution in [0.15, 0.2) is 64.8 Å². The number of H-pyrrole nitrogens is 1. The third kappa shape index (κ3) is 3.29. The maximum Gasteiger partial charge on any atom is 0.334 e. The van der Waals surface area contributed by atoms with Crippen molar-refractivity contribution in [2.45, 2.75) is 13.8 Å². The summed E-state index contributed by atoms with van der Waals surface area (Å²) in [7, 11) is 3.52. The van der Waals surface area contributed by atoms with Crippen LogP contribution in [0, 0.1) is 13.8 Å². The molecule has 1 N–H and O–H groups in total. The highest BCUT2D eigenvalue weighted by Crippen LogP contribution is 2.38. The Labute approximate surface area is 208 Å². The van der Waals surface area contributed by atoms with Crippen molar-refractivity contribution in [3.05, 3.63) is 87.3 Å². The molecule has 36 heavy (non-hydrogen) atoms. The third-order valence-electron chi connectivity index (χ3n) is 6.39. The van der Waals surface area contributed by atoms with E-state index in [1.54, 1.807) is 31.9 Å². The molecule has 0 unspecified atom stereocenters. The van der Waals surface area contributed by atoms with E-state index in [0.29, 0.717) is 27.2 Å². The topological polar surface area (TPSA) is 99.7 Å². The third-order valence-corrected chi connectivity index (χ3v) is 7.64. The predicted molar refractivity (Wildman–Crippen MR) is 141 cm³/mol. The summed E-state index contributed by atoms with van der Waals surface area (Å²) in [4.78, 5) is 39.6. The lowest BCUT2D eigenvalue weighted by Crippen LogP contribution is -2.33. The van der Waals surface area contributed by atoms with Gasteiger partial charge in [0.1, 0.15) is 10.6 Å². The molecule has 6 rings (SSSR count). The molecular formula is C26H22N6O3S. The summed E-state index contributed by atoms with van der Waals surface area (Å²) in [5.74, 6) is 0.677. The lowest BCUT2D eigenvalue weighted by Gasteiger charge is -2.11. The van der Waals surface area contributed by atoms with Crippen molar-refractivity contribution in [2.75, 3.05) is 7.11 Å². The Kier molecular flexibility index (Phi) is 4.94. The number of fused-ring (bicyclic) bond motifs is 2. The molecule has 0 spiro atoms. The number of rotatable bonds is 4. The van der Waals surface area contributed by atoms with Crippen LogP contribution in [-0.4, -0.2) is 35.8 Å². The first kappa shape index (κ1) is 22.1. The number of ether oxygens (including phenoxy) is 1. The molecule has 4 aromatic heterocycles. The van der Waals surface area contributed by atoms with E-state index in [0.717, 1.165) is 32.9 Å². The first-order chi connectivity index (χ1) is 17.4. The zero-order valence-electron chi connectivity index (χ0n) is 20.1. The minimum absolute atomic E-state index is 0.360. The van der Waals surface area contributed by atoms with Crippen LogP contribution in [0.1, 0.15) is 11.3 Å². The Morgan fingerprint density at radius 3 is 2.61 bits per heavy atom. The molecular weight excluding hydrogens is 476 g/mol. The second-order valence-electron chi connectivity index (χ2n) is 8.67. The SMILES string of the molecule is COc1cc(-c2sc3[nH]c(=O)n(-c4ccc5c(c4)ncn5C)c(=O)c3c2C)ccc1-n1cnc(C)c1. The summed E-state index contributed by atoms with van der Waals surface area (Å²) in [6.45, 7) is 3.83. The quantitative estimate of drug-likeness (QED) is 0.394. The number of aromatic nitrogens is 6. The van der Waals surface area contributed by atoms with Crippen molar-refractivity contribution in [1.82, 2.24) is 28.7 Å². The molecule has 0 bridgehead atoms. The van der Waals surface area contributed by atoms with E-state index in [9.17, 15) is 9.59 Å². The Bertz CT molecular complexity index is 1920. The standard InChI is InChI=1S/C26H22N6O3S/c1-14-11-31(13-27-14)20-7-5-16(9-21(20)35-4)23-15(2)22-24(36-23)29-26(34)32(25(22)33)17-6-8-19-18(10-17)28-12-30(19)3/h5-13H,1-4H3,(H,29,34). The molecule has 0 amide bonds. The first-order valence-electron chi connectivity index (χ1n) is 11.2. The van der Waals surface area contributed by atoms with Crippen LogP contribution in [0.5, 0.6) is 5.75 Å². The van der Waals surface area contributed by atoms with Crippen LogP contribution in [-0.2, 0) is 7.05 Å². The van der Waals surface area contributed by atoms with E-state index in [1.807, 2.05) is 60.5 Å². The van der Waals surface area contributed by atoms with Gasteiger partial charge in [0, 0.05) is 18.1 Å². The number of aromatic amines is 1. The highest BCUT2D eigenvalue weighted by atomic mass is 32.1. The fraction of sp³-hybridized carbons (Fsp3) is 0.154. The van der Waals surface area contributed by atoms with Crippen molar-refractivity contribution in [1.29, 1.82) is 0 Å². The van der Waals surface area contributed by atoms with Crippen molar-refractivity contribution >= 4 is 32.6 Å². The van der Waals surface area contributed by atoms with Crippen LogP contribution in [0.3, 0.4) is 0 Å². The van der Waals surface area contributed by atoms with Crippen molar-refractivity contribution in [2.24, 2.45) is 7.05 Å². The monoisotopic (exact) mass is 498 g/mol. The van der Waals surface area contributed by atoms with E-state index < -0.39 is 5.69 Å². The molecule has 0 saturated heterocycles. The Morgan fingerprint density at radius 1 is 1.03 bits per heavy atom. The smallest absolute Gasteiger partial charge is 0.334 e. The van der Waals surface area contributed by atoms with Crippen molar-refractivity contribution < 1.29 is 4.74 Å². The number of methoxy groups -OCH3 is 1. The molecule has 0 saturated carbocycles. The van der Waals surface area contributed by atoms with E-state index in [2.05, 4.69) is 15.0 Å². The van der Waals surface area contributed by atoms with Gasteiger partial charge in [-0.2, -0.15) is 0 Å². The summed E-state index contributed by atoms with van der Waals surface area (Å²) < 4.78 is 10.6. The molecule has 180 valence electrons. The van der Waals surface area contributed by atoms with Crippen LogP contribution >= 0.6 is 11.3 Å². The Balaban J connectivity index is 1.51. The number of hydrogen-bond acceptors (Lipinski definition) is 6. The lowest BCUT2D eigenvalue weighted by molar-refractivity contribution is 0.413. The molecule has 0 radical (unpaired) electrons. The Morgan fingerprint density at radius 2 is 1.86 bits per heavy atom. The number of nitrogens with zero attached hydrogens (tertiary/aromatic N) is 5. The van der Waals surface area contributed by atoms with Gasteiger partial charge in [-0.3, -0.25) is 9.78 Å². The van der Waals surface area contributed by atoms with Crippen molar-refractivity contribution in [3.8, 4) is 27.6 Å². The number of hydrogen-bond donors (Lipinski definition) is 1. The zero-order chi connectivity index (χ0) is 25.1. The predicted octanol–water partition coefficient (Wildman–Crippen LogP) is 4.11. The van der Waals surface area contributed by atoms with Gasteiger partial charge in [-0.25, -0.2) is 19.3 Å². The number of thiophene rings is 1. The van der Waals surface area contributed by atoms with E-state index in [4.69, 9.17) is 4.74 Å². The molecule has 10 heteroatoms. The van der Waals surface area contributed by atoms with Crippen molar-refractivity contribution in [3.63, 3.8) is 0 Å². The summed E-state index contributed by atoms with van der Waals surface area (Å²) >= 11 is 1.38. The number of benzene rings is 2. The lowest BCUT2D eigenvalue weighted by atomic mass is 10.1. The average Bonchev–Trinajstić information content (AvgIpc) is 3.55. The maximum absolute atomic E-state index is 13.6. The minimum atomic E-state index is -0.487. The normalized spacial score (nSPS) is 11.6. The molecule has 2 aromatic carbocycles. The summed E-state index contributed by atoms with van der Waals surface area (Å²) in [5, 5.41) is 0.490. The fourth-order valence-corrected chi connectivity index (χ4v) is 5.76. The van der Waals surface area contributed by atoms with Crippen LogP contribution in [0.2, 0.25) is 0 Å². The van der Waals surface area contributed by atoms with Gasteiger partial charge in [0.15, 0.2) is 0 Å². The van der Waals surface area contributed by atoms with Gasteiger partial charge in [-0.05, 0) is 55.3 Å². The number of nitrogens with one attached hydrogen (secondary N) is 1. The fourth-order valence-electron chi connectivity index (χ4n) is 4.57. The molecule has 0 atom stereocenters. The highest BCUT2D eigenvalue weighted by molar-refractivity contribution is 7.22. The van der Waals surface area contributed by atoms with Gasteiger partial charge in [-0.15, -0.1) is 11.3 Å². The summed E-state index contributed by atoms with van der Waals surface area (Å²) in [6, 6.07) is 11.3. The second-order valence-corrected chi connectivity index (χ2v) is 9.69. The molecule has 0 aliphatic carbocycles. The average molecular weight is 499 g/mol. The largest absolute Gasteiger partial charge is 0.495 e. The van der Waals surface area contributed by atoms with Crippen LogP contribution < -0.4 is 16.0 Å². The van der Waals surface area contributed by atoms with Gasteiger partial charge < -0.3 is 13.9 Å². The van der Waals surface area contributed by atoms with Gasteiger partial charge in [0.25, 0.3) is 5.56 Å². The molecule has 0 aliphatic rings. The van der Waals surface area contributed by atoms with E-state index >= 15 is 0 Å². The van der Waals surface area contributed by atoms with Gasteiger partial charge in [0.05, 0.1) is 53.3 Å². The van der Waals surface area contributed by atoms with Gasteiger partial charge in [0.2, 0.25) is 0 Å². The molecule has 0 fully saturated rings. The number of aryl methyl sites for hydroxylation is 3.